The Morgan fingerprint density at radius 3 is 2.51 bits per heavy atom. The fourth-order valence-corrected chi connectivity index (χ4v) is 5.01. The molecule has 2 aromatic rings. The highest BCUT2D eigenvalue weighted by atomic mass is 19.4. The topological polar surface area (TPSA) is 70.6 Å². The average molecular weight is 490 g/mol. The minimum Gasteiger partial charge on any atom is -0.457 e. The summed E-state index contributed by atoms with van der Waals surface area (Å²) in [5.41, 5.74) is 0.802. The Morgan fingerprint density at radius 1 is 1.11 bits per heavy atom. The van der Waals surface area contributed by atoms with Crippen molar-refractivity contribution in [1.29, 1.82) is 0 Å². The van der Waals surface area contributed by atoms with Gasteiger partial charge in [-0.05, 0) is 56.3 Å². The van der Waals surface area contributed by atoms with Gasteiger partial charge in [0.2, 0.25) is 11.8 Å². The Balaban J connectivity index is 1.26. The fourth-order valence-electron chi connectivity index (χ4n) is 5.01. The maximum atomic E-state index is 13.5. The molecule has 1 aromatic heterocycles. The van der Waals surface area contributed by atoms with Crippen molar-refractivity contribution in [2.45, 2.75) is 69.4 Å². The van der Waals surface area contributed by atoms with Gasteiger partial charge in [0.05, 0.1) is 30.3 Å². The molecule has 3 atom stereocenters. The molecule has 5 rings (SSSR count). The third-order valence-corrected chi connectivity index (χ3v) is 7.09. The maximum absolute atomic E-state index is 13.5. The largest absolute Gasteiger partial charge is 0.457 e. The van der Waals surface area contributed by atoms with Crippen LogP contribution in [-0.4, -0.2) is 57.7 Å². The van der Waals surface area contributed by atoms with Crippen LogP contribution in [0.4, 0.5) is 13.2 Å². The Morgan fingerprint density at radius 2 is 1.89 bits per heavy atom. The highest BCUT2D eigenvalue weighted by Crippen LogP contribution is 2.39. The summed E-state index contributed by atoms with van der Waals surface area (Å²) >= 11 is 0. The van der Waals surface area contributed by atoms with Gasteiger partial charge in [-0.15, -0.1) is 0 Å². The van der Waals surface area contributed by atoms with Gasteiger partial charge in [-0.1, -0.05) is 19.1 Å². The van der Waals surface area contributed by atoms with Crippen molar-refractivity contribution in [2.75, 3.05) is 19.8 Å². The van der Waals surface area contributed by atoms with Crippen LogP contribution in [-0.2, 0) is 11.0 Å². The van der Waals surface area contributed by atoms with Crippen molar-refractivity contribution in [3.8, 4) is 5.88 Å². The molecule has 3 heterocycles. The Hall–Kier alpha value is -2.72. The lowest BCUT2D eigenvalue weighted by Gasteiger charge is -2.41. The lowest BCUT2D eigenvalue weighted by Crippen LogP contribution is -2.55. The minimum atomic E-state index is -4.41. The Kier molecular flexibility index (Phi) is 6.67. The zero-order chi connectivity index (χ0) is 24.6. The number of carbonyl (C=O) groups excluding carboxylic acids is 1. The van der Waals surface area contributed by atoms with Crippen molar-refractivity contribution >= 4 is 5.91 Å². The number of nitrogens with zero attached hydrogens (tertiary/aromatic N) is 4. The van der Waals surface area contributed by atoms with Crippen LogP contribution in [0.15, 0.2) is 36.7 Å². The molecule has 7 nitrogen and oxygen atoms in total. The molecule has 1 amide bonds. The molecule has 3 fully saturated rings. The molecule has 2 aliphatic heterocycles. The minimum absolute atomic E-state index is 0.149. The summed E-state index contributed by atoms with van der Waals surface area (Å²) in [5, 5.41) is 3.14. The van der Waals surface area contributed by atoms with Crippen molar-refractivity contribution in [1.82, 2.24) is 25.1 Å². The van der Waals surface area contributed by atoms with Gasteiger partial charge in [-0.3, -0.25) is 9.78 Å². The third kappa shape index (κ3) is 5.28. The number of ether oxygens (including phenoxy) is 1. The predicted molar refractivity (Wildman–Crippen MR) is 122 cm³/mol. The Labute approximate surface area is 202 Å². The molecule has 2 saturated heterocycles. The van der Waals surface area contributed by atoms with Gasteiger partial charge in [0, 0.05) is 18.5 Å². The fraction of sp³-hybridized carbons (Fsp3) is 0.560. The van der Waals surface area contributed by atoms with Crippen molar-refractivity contribution < 1.29 is 22.7 Å². The van der Waals surface area contributed by atoms with Crippen LogP contribution in [0, 0.1) is 0 Å². The summed E-state index contributed by atoms with van der Waals surface area (Å²) in [7, 11) is 0. The number of likely N-dealkylation sites (N-methyl/N-ethyl adjacent to an activating group) is 1. The molecule has 1 aromatic carbocycles. The molecule has 3 aliphatic rings. The van der Waals surface area contributed by atoms with Gasteiger partial charge in [-0.2, -0.15) is 13.2 Å². The van der Waals surface area contributed by atoms with E-state index in [4.69, 9.17) is 4.74 Å². The molecular formula is C25H30F3N5O2. The molecule has 10 heteroatoms. The Bertz CT molecular complexity index is 1030. The van der Waals surface area contributed by atoms with E-state index in [1.54, 1.807) is 17.3 Å². The van der Waals surface area contributed by atoms with E-state index >= 15 is 0 Å². The normalized spacial score (nSPS) is 23.7. The number of benzene rings is 1. The number of halogens is 3. The molecular weight excluding hydrogens is 459 g/mol. The monoisotopic (exact) mass is 489 g/mol. The molecule has 1 N–H and O–H groups in total. The molecule has 35 heavy (non-hydrogen) atoms. The van der Waals surface area contributed by atoms with Crippen LogP contribution in [0.5, 0.6) is 5.88 Å². The molecule has 1 saturated carbocycles. The number of hydrogen-bond donors (Lipinski definition) is 1. The van der Waals surface area contributed by atoms with Gasteiger partial charge >= 0.3 is 6.18 Å². The first-order valence-corrected chi connectivity index (χ1v) is 12.3. The number of nitrogens with one attached hydrogen (secondary N) is 1. The number of amides is 1. The second-order valence-corrected chi connectivity index (χ2v) is 9.51. The van der Waals surface area contributed by atoms with Crippen LogP contribution in [0.25, 0.3) is 0 Å². The van der Waals surface area contributed by atoms with Gasteiger partial charge < -0.3 is 15.0 Å². The lowest BCUT2D eigenvalue weighted by molar-refractivity contribution is -0.141. The lowest BCUT2D eigenvalue weighted by atomic mass is 10.0. The zero-order valence-corrected chi connectivity index (χ0v) is 19.7. The summed E-state index contributed by atoms with van der Waals surface area (Å²) in [6, 6.07) is 4.44. The number of alkyl halides is 3. The van der Waals surface area contributed by atoms with Crippen LogP contribution < -0.4 is 10.1 Å². The smallest absolute Gasteiger partial charge is 0.416 e. The van der Waals surface area contributed by atoms with Crippen LogP contribution in [0.2, 0.25) is 0 Å². The second-order valence-electron chi connectivity index (χ2n) is 9.51. The van der Waals surface area contributed by atoms with E-state index in [-0.39, 0.29) is 12.1 Å². The molecule has 0 radical (unpaired) electrons. The molecule has 0 bridgehead atoms. The molecule has 188 valence electrons. The zero-order valence-electron chi connectivity index (χ0n) is 19.7. The van der Waals surface area contributed by atoms with Crippen molar-refractivity contribution in [2.24, 2.45) is 0 Å². The van der Waals surface area contributed by atoms with E-state index < -0.39 is 17.8 Å². The standard InChI is InChI=1S/C25H30F3N5O2/c1-2-29-23(17-5-7-18(8-6-17)25(26,27)28)24(34)32-12-11-19-9-10-22(33(19)15-32)35-21-14-30-20(13-31-21)16-3-4-16/h5-8,13-14,16,19,22-23,29H,2-4,9-12,15H2,1H3/t19-,22-,23?/m0/s1. The molecule has 0 spiro atoms. The summed E-state index contributed by atoms with van der Waals surface area (Å²) in [5.74, 6) is 0.867. The third-order valence-electron chi connectivity index (χ3n) is 7.09. The van der Waals surface area contributed by atoms with E-state index in [9.17, 15) is 18.0 Å². The molecule has 1 aliphatic carbocycles. The van der Waals surface area contributed by atoms with Gasteiger partial charge in [-0.25, -0.2) is 9.88 Å². The number of hydrogen-bond acceptors (Lipinski definition) is 6. The predicted octanol–water partition coefficient (Wildman–Crippen LogP) is 4.08. The molecule has 1 unspecified atom stereocenters. The first-order chi connectivity index (χ1) is 16.8. The van der Waals surface area contributed by atoms with Gasteiger partial charge in [0.1, 0.15) is 6.04 Å². The van der Waals surface area contributed by atoms with Crippen LogP contribution in [0.3, 0.4) is 0 Å². The van der Waals surface area contributed by atoms with E-state index in [2.05, 4.69) is 20.2 Å². The number of aromatic nitrogens is 2. The number of carbonyl (C=O) groups is 1. The van der Waals surface area contributed by atoms with E-state index in [0.717, 1.165) is 49.9 Å². The van der Waals surface area contributed by atoms with E-state index in [1.807, 2.05) is 6.92 Å². The summed E-state index contributed by atoms with van der Waals surface area (Å²) in [6.07, 6.45) is 3.84. The van der Waals surface area contributed by atoms with Crippen LogP contribution in [0.1, 0.15) is 67.8 Å². The maximum Gasteiger partial charge on any atom is 0.416 e. The summed E-state index contributed by atoms with van der Waals surface area (Å²) in [6.45, 7) is 3.39. The number of rotatable bonds is 7. The van der Waals surface area contributed by atoms with Gasteiger partial charge in [0.15, 0.2) is 6.23 Å². The quantitative estimate of drug-likeness (QED) is 0.632. The highest BCUT2D eigenvalue weighted by molar-refractivity contribution is 5.83. The second kappa shape index (κ2) is 9.73. The van der Waals surface area contributed by atoms with E-state index in [0.29, 0.717) is 43.2 Å². The first kappa shape index (κ1) is 24.0. The van der Waals surface area contributed by atoms with Gasteiger partial charge in [0.25, 0.3) is 0 Å². The number of fused-ring (bicyclic) bond motifs is 1. The van der Waals surface area contributed by atoms with Crippen molar-refractivity contribution in [3.05, 3.63) is 53.5 Å². The van der Waals surface area contributed by atoms with Crippen LogP contribution >= 0.6 is 0 Å². The van der Waals surface area contributed by atoms with E-state index in [1.165, 1.54) is 12.1 Å². The summed E-state index contributed by atoms with van der Waals surface area (Å²) in [4.78, 5) is 26.3. The van der Waals surface area contributed by atoms with Crippen molar-refractivity contribution in [3.63, 3.8) is 0 Å². The first-order valence-electron chi connectivity index (χ1n) is 12.3. The average Bonchev–Trinajstić information content (AvgIpc) is 3.63. The summed E-state index contributed by atoms with van der Waals surface area (Å²) < 4.78 is 45.1. The highest BCUT2D eigenvalue weighted by Gasteiger charge is 2.41. The SMILES string of the molecule is CCNC(C(=O)N1CC[C@@H]2CC[C@H](Oc3cnc(C4CC4)cn3)N2C1)c1ccc(C(F)(F)F)cc1.